The molecule has 126 valence electrons. The highest BCUT2D eigenvalue weighted by molar-refractivity contribution is 7.99. The predicted octanol–water partition coefficient (Wildman–Crippen LogP) is 2.87. The Morgan fingerprint density at radius 2 is 1.83 bits per heavy atom. The van der Waals surface area contributed by atoms with Crippen LogP contribution in [0, 0.1) is 0 Å². The number of amides is 1. The van der Waals surface area contributed by atoms with E-state index in [4.69, 9.17) is 4.74 Å². The Hall–Kier alpha value is -1.92. The molecule has 1 aliphatic heterocycles. The normalized spacial score (nSPS) is 20.8. The van der Waals surface area contributed by atoms with Crippen LogP contribution in [-0.4, -0.2) is 52.1 Å². The molecule has 1 amide bonds. The minimum Gasteiger partial charge on any atom is -0.372 e. The largest absolute Gasteiger partial charge is 0.372 e. The van der Waals surface area contributed by atoms with Crippen molar-refractivity contribution >= 4 is 17.7 Å². The zero-order chi connectivity index (χ0) is 16.9. The lowest BCUT2D eigenvalue weighted by atomic mass is 10.1. The second-order valence-electron chi connectivity index (χ2n) is 5.97. The Labute approximate surface area is 146 Å². The molecule has 2 atom stereocenters. The van der Waals surface area contributed by atoms with Gasteiger partial charge < -0.3 is 9.64 Å². The standard InChI is InChI=1S/C18H21N3O2S/c1-13-10-21(11-14(2)23-13)18(22)12-24-17-9-8-16(19-20-17)15-6-4-3-5-7-15/h3-9,13-14H,10-12H2,1-2H3. The Bertz CT molecular complexity index is 668. The molecule has 0 N–H and O–H groups in total. The molecule has 0 aliphatic carbocycles. The van der Waals surface area contributed by atoms with Gasteiger partial charge in [-0.2, -0.15) is 0 Å². The van der Waals surface area contributed by atoms with Crippen molar-refractivity contribution in [2.45, 2.75) is 31.1 Å². The molecule has 1 aliphatic rings. The summed E-state index contributed by atoms with van der Waals surface area (Å²) in [6.45, 7) is 5.30. The van der Waals surface area contributed by atoms with Crippen LogP contribution in [0.15, 0.2) is 47.5 Å². The number of aromatic nitrogens is 2. The molecule has 1 saturated heterocycles. The fourth-order valence-corrected chi connectivity index (χ4v) is 3.49. The van der Waals surface area contributed by atoms with E-state index in [1.165, 1.54) is 11.8 Å². The molecule has 2 heterocycles. The van der Waals surface area contributed by atoms with Gasteiger partial charge in [0.05, 0.1) is 23.7 Å². The van der Waals surface area contributed by atoms with Gasteiger partial charge in [0.1, 0.15) is 5.03 Å². The lowest BCUT2D eigenvalue weighted by Crippen LogP contribution is -2.48. The number of nitrogens with zero attached hydrogens (tertiary/aromatic N) is 3. The fraction of sp³-hybridized carbons (Fsp3) is 0.389. The van der Waals surface area contributed by atoms with Crippen molar-refractivity contribution in [2.75, 3.05) is 18.8 Å². The van der Waals surface area contributed by atoms with E-state index in [0.717, 1.165) is 16.3 Å². The lowest BCUT2D eigenvalue weighted by Gasteiger charge is -2.35. The van der Waals surface area contributed by atoms with Crippen LogP contribution in [0.2, 0.25) is 0 Å². The third-order valence-electron chi connectivity index (χ3n) is 3.83. The maximum atomic E-state index is 12.4. The summed E-state index contributed by atoms with van der Waals surface area (Å²) in [5.41, 5.74) is 1.87. The average molecular weight is 343 g/mol. The van der Waals surface area contributed by atoms with Crippen LogP contribution >= 0.6 is 11.8 Å². The van der Waals surface area contributed by atoms with Gasteiger partial charge in [-0.3, -0.25) is 4.79 Å². The second-order valence-corrected chi connectivity index (χ2v) is 6.96. The quantitative estimate of drug-likeness (QED) is 0.799. The maximum absolute atomic E-state index is 12.4. The molecular weight excluding hydrogens is 322 g/mol. The van der Waals surface area contributed by atoms with E-state index >= 15 is 0 Å². The molecule has 2 unspecified atom stereocenters. The molecule has 0 spiro atoms. The molecular formula is C18H21N3O2S. The smallest absolute Gasteiger partial charge is 0.233 e. The van der Waals surface area contributed by atoms with Crippen LogP contribution in [0.1, 0.15) is 13.8 Å². The number of hydrogen-bond donors (Lipinski definition) is 0. The number of thioether (sulfide) groups is 1. The summed E-state index contributed by atoms with van der Waals surface area (Å²) in [5.74, 6) is 0.495. The molecule has 0 saturated carbocycles. The summed E-state index contributed by atoms with van der Waals surface area (Å²) in [4.78, 5) is 14.2. The van der Waals surface area contributed by atoms with Gasteiger partial charge in [-0.1, -0.05) is 42.1 Å². The summed E-state index contributed by atoms with van der Waals surface area (Å²) < 4.78 is 5.66. The van der Waals surface area contributed by atoms with Crippen molar-refractivity contribution in [3.63, 3.8) is 0 Å². The van der Waals surface area contributed by atoms with Gasteiger partial charge in [0.2, 0.25) is 5.91 Å². The summed E-state index contributed by atoms with van der Waals surface area (Å²) >= 11 is 1.42. The SMILES string of the molecule is CC1CN(C(=O)CSc2ccc(-c3ccccc3)nn2)CC(C)O1. The third-order valence-corrected chi connectivity index (χ3v) is 4.73. The molecule has 1 aromatic heterocycles. The zero-order valence-corrected chi connectivity index (χ0v) is 14.7. The Kier molecular flexibility index (Phi) is 5.48. The number of carbonyl (C=O) groups excluding carboxylic acids is 1. The first-order chi connectivity index (χ1) is 11.6. The molecule has 3 rings (SSSR count). The number of benzene rings is 1. The Balaban J connectivity index is 1.56. The number of hydrogen-bond acceptors (Lipinski definition) is 5. The summed E-state index contributed by atoms with van der Waals surface area (Å²) in [6.07, 6.45) is 0.181. The number of carbonyl (C=O) groups is 1. The van der Waals surface area contributed by atoms with E-state index in [1.54, 1.807) is 0 Å². The van der Waals surface area contributed by atoms with Crippen LogP contribution in [0.4, 0.5) is 0 Å². The van der Waals surface area contributed by atoms with E-state index in [1.807, 2.05) is 61.2 Å². The molecule has 1 fully saturated rings. The van der Waals surface area contributed by atoms with Gasteiger partial charge in [-0.05, 0) is 26.0 Å². The third kappa shape index (κ3) is 4.33. The van der Waals surface area contributed by atoms with Crippen LogP contribution in [0.3, 0.4) is 0 Å². The van der Waals surface area contributed by atoms with E-state index in [0.29, 0.717) is 18.8 Å². The van der Waals surface area contributed by atoms with E-state index < -0.39 is 0 Å². The van der Waals surface area contributed by atoms with Crippen LogP contribution in [0.25, 0.3) is 11.3 Å². The second kappa shape index (κ2) is 7.77. The highest BCUT2D eigenvalue weighted by Crippen LogP contribution is 2.20. The topological polar surface area (TPSA) is 55.3 Å². The van der Waals surface area contributed by atoms with E-state index in [2.05, 4.69) is 10.2 Å². The minimum atomic E-state index is 0.0904. The van der Waals surface area contributed by atoms with Gasteiger partial charge in [0.25, 0.3) is 0 Å². The summed E-state index contributed by atoms with van der Waals surface area (Å²) in [6, 6.07) is 13.8. The predicted molar refractivity (Wildman–Crippen MR) is 94.8 cm³/mol. The van der Waals surface area contributed by atoms with Gasteiger partial charge in [-0.25, -0.2) is 0 Å². The van der Waals surface area contributed by atoms with Gasteiger partial charge in [0.15, 0.2) is 0 Å². The Morgan fingerprint density at radius 1 is 1.12 bits per heavy atom. The highest BCUT2D eigenvalue weighted by atomic mass is 32.2. The minimum absolute atomic E-state index is 0.0904. The molecule has 1 aromatic carbocycles. The summed E-state index contributed by atoms with van der Waals surface area (Å²) in [5, 5.41) is 9.23. The lowest BCUT2D eigenvalue weighted by molar-refractivity contribution is -0.140. The first kappa shape index (κ1) is 16.9. The van der Waals surface area contributed by atoms with Crippen molar-refractivity contribution in [3.8, 4) is 11.3 Å². The molecule has 6 heteroatoms. The highest BCUT2D eigenvalue weighted by Gasteiger charge is 2.25. The van der Waals surface area contributed by atoms with Crippen LogP contribution < -0.4 is 0 Å². The van der Waals surface area contributed by atoms with Crippen molar-refractivity contribution in [1.82, 2.24) is 15.1 Å². The number of morpholine rings is 1. The van der Waals surface area contributed by atoms with Crippen LogP contribution in [-0.2, 0) is 9.53 Å². The zero-order valence-electron chi connectivity index (χ0n) is 13.9. The molecule has 2 aromatic rings. The number of ether oxygens (including phenoxy) is 1. The monoisotopic (exact) mass is 343 g/mol. The fourth-order valence-electron chi connectivity index (χ4n) is 2.77. The van der Waals surface area contributed by atoms with E-state index in [-0.39, 0.29) is 18.1 Å². The van der Waals surface area contributed by atoms with Crippen LogP contribution in [0.5, 0.6) is 0 Å². The average Bonchev–Trinajstić information content (AvgIpc) is 2.60. The first-order valence-electron chi connectivity index (χ1n) is 8.07. The van der Waals surface area contributed by atoms with Crippen molar-refractivity contribution in [3.05, 3.63) is 42.5 Å². The molecule has 24 heavy (non-hydrogen) atoms. The maximum Gasteiger partial charge on any atom is 0.233 e. The first-order valence-corrected chi connectivity index (χ1v) is 9.05. The van der Waals surface area contributed by atoms with Gasteiger partial charge in [-0.15, -0.1) is 10.2 Å². The van der Waals surface area contributed by atoms with Gasteiger partial charge in [0, 0.05) is 18.7 Å². The van der Waals surface area contributed by atoms with E-state index in [9.17, 15) is 4.79 Å². The molecule has 5 nitrogen and oxygen atoms in total. The van der Waals surface area contributed by atoms with Crippen molar-refractivity contribution in [1.29, 1.82) is 0 Å². The summed E-state index contributed by atoms with van der Waals surface area (Å²) in [7, 11) is 0. The Morgan fingerprint density at radius 3 is 2.46 bits per heavy atom. The molecule has 0 bridgehead atoms. The molecule has 0 radical (unpaired) electrons. The van der Waals surface area contributed by atoms with Crippen molar-refractivity contribution in [2.24, 2.45) is 0 Å². The van der Waals surface area contributed by atoms with Crippen molar-refractivity contribution < 1.29 is 9.53 Å². The van der Waals surface area contributed by atoms with Gasteiger partial charge >= 0.3 is 0 Å². The number of rotatable bonds is 4.